The average Bonchev–Trinajstić information content (AvgIpc) is 2.91. The lowest BCUT2D eigenvalue weighted by molar-refractivity contribution is 0.121. The molecule has 0 spiro atoms. The van der Waals surface area contributed by atoms with Crippen LogP contribution in [0.5, 0.6) is 11.5 Å². The van der Waals surface area contributed by atoms with Gasteiger partial charge in [0.15, 0.2) is 11.5 Å². The molecule has 5 nitrogen and oxygen atoms in total. The zero-order chi connectivity index (χ0) is 17.5. The zero-order valence-corrected chi connectivity index (χ0v) is 14.2. The van der Waals surface area contributed by atoms with Gasteiger partial charge in [0.25, 0.3) is 6.43 Å². The second-order valence-corrected chi connectivity index (χ2v) is 5.44. The Morgan fingerprint density at radius 1 is 1.21 bits per heavy atom. The summed E-state index contributed by atoms with van der Waals surface area (Å²) in [6, 6.07) is 5.83. The molecule has 0 unspecified atom stereocenters. The first-order chi connectivity index (χ1) is 11.5. The molecule has 0 saturated carbocycles. The number of hydrogen-bond acceptors (Lipinski definition) is 4. The van der Waals surface area contributed by atoms with Crippen molar-refractivity contribution in [1.82, 2.24) is 15.1 Å². The topological polar surface area (TPSA) is 48.3 Å². The van der Waals surface area contributed by atoms with Gasteiger partial charge in [-0.15, -0.1) is 0 Å². The first-order valence-corrected chi connectivity index (χ1v) is 7.76. The molecule has 0 aliphatic rings. The average molecular weight is 339 g/mol. The van der Waals surface area contributed by atoms with E-state index in [4.69, 9.17) is 9.47 Å². The van der Waals surface area contributed by atoms with Crippen LogP contribution in [0.25, 0.3) is 0 Å². The van der Waals surface area contributed by atoms with Gasteiger partial charge in [-0.1, -0.05) is 6.07 Å². The van der Waals surface area contributed by atoms with E-state index in [-0.39, 0.29) is 6.54 Å². The molecule has 0 bridgehead atoms. The molecule has 1 aromatic carbocycles. The number of methoxy groups -OCH3 is 2. The number of alkyl halides is 2. The molecule has 0 aliphatic heterocycles. The van der Waals surface area contributed by atoms with Gasteiger partial charge < -0.3 is 14.8 Å². The summed E-state index contributed by atoms with van der Waals surface area (Å²) >= 11 is 0. The van der Waals surface area contributed by atoms with E-state index >= 15 is 0 Å². The lowest BCUT2D eigenvalue weighted by Gasteiger charge is -2.10. The summed E-state index contributed by atoms with van der Waals surface area (Å²) < 4.78 is 36.7. The number of aromatic nitrogens is 2. The van der Waals surface area contributed by atoms with Crippen LogP contribution >= 0.6 is 0 Å². The van der Waals surface area contributed by atoms with Crippen molar-refractivity contribution in [3.05, 3.63) is 41.2 Å². The Bertz CT molecular complexity index is 659. The van der Waals surface area contributed by atoms with E-state index in [0.29, 0.717) is 18.0 Å². The van der Waals surface area contributed by atoms with Crippen molar-refractivity contribution >= 4 is 0 Å². The van der Waals surface area contributed by atoms with E-state index in [2.05, 4.69) is 10.4 Å². The van der Waals surface area contributed by atoms with Gasteiger partial charge >= 0.3 is 0 Å². The maximum absolute atomic E-state index is 12.4. The van der Waals surface area contributed by atoms with Gasteiger partial charge in [-0.25, -0.2) is 8.78 Å². The lowest BCUT2D eigenvalue weighted by atomic mass is 10.1. The second-order valence-electron chi connectivity index (χ2n) is 5.44. The molecule has 1 aromatic heterocycles. The number of nitrogens with zero attached hydrogens (tertiary/aromatic N) is 2. The van der Waals surface area contributed by atoms with Crippen LogP contribution in [0.3, 0.4) is 0 Å². The minimum atomic E-state index is -2.39. The van der Waals surface area contributed by atoms with Crippen molar-refractivity contribution in [2.75, 3.05) is 20.8 Å². The van der Waals surface area contributed by atoms with Gasteiger partial charge in [0.1, 0.15) is 6.54 Å². The third kappa shape index (κ3) is 4.67. The zero-order valence-electron chi connectivity index (χ0n) is 14.2. The Balaban J connectivity index is 1.84. The van der Waals surface area contributed by atoms with Crippen molar-refractivity contribution in [2.24, 2.45) is 0 Å². The molecule has 0 aliphatic carbocycles. The maximum atomic E-state index is 12.4. The summed E-state index contributed by atoms with van der Waals surface area (Å²) in [5, 5.41) is 7.31. The minimum absolute atomic E-state index is 0.364. The normalized spacial score (nSPS) is 11.1. The number of hydrogen-bond donors (Lipinski definition) is 1. The Hall–Kier alpha value is -2.15. The Morgan fingerprint density at radius 2 is 1.96 bits per heavy atom. The summed E-state index contributed by atoms with van der Waals surface area (Å²) in [5.74, 6) is 1.41. The molecule has 0 amide bonds. The maximum Gasteiger partial charge on any atom is 0.257 e. The van der Waals surface area contributed by atoms with E-state index in [1.54, 1.807) is 27.3 Å². The molecule has 7 heteroatoms. The number of nitrogens with one attached hydrogen (secondary N) is 1. The van der Waals surface area contributed by atoms with E-state index in [1.165, 1.54) is 4.68 Å². The molecule has 0 fully saturated rings. The third-order valence-electron chi connectivity index (χ3n) is 3.87. The van der Waals surface area contributed by atoms with Crippen LogP contribution in [-0.4, -0.2) is 37.0 Å². The monoisotopic (exact) mass is 339 g/mol. The summed E-state index contributed by atoms with van der Waals surface area (Å²) in [5.41, 5.74) is 2.84. The van der Waals surface area contributed by atoms with Gasteiger partial charge in [-0.05, 0) is 37.6 Å². The molecule has 2 aromatic rings. The van der Waals surface area contributed by atoms with Gasteiger partial charge in [-0.3, -0.25) is 4.68 Å². The number of halogens is 2. The van der Waals surface area contributed by atoms with Crippen LogP contribution in [-0.2, 0) is 19.5 Å². The third-order valence-corrected chi connectivity index (χ3v) is 3.87. The highest BCUT2D eigenvalue weighted by Crippen LogP contribution is 2.27. The molecule has 1 N–H and O–H groups in total. The van der Waals surface area contributed by atoms with Crippen molar-refractivity contribution in [3.63, 3.8) is 0 Å². The van der Waals surface area contributed by atoms with E-state index in [9.17, 15) is 8.78 Å². The molecule has 0 saturated heterocycles. The van der Waals surface area contributed by atoms with Crippen molar-refractivity contribution in [2.45, 2.75) is 32.9 Å². The smallest absolute Gasteiger partial charge is 0.257 e. The first-order valence-electron chi connectivity index (χ1n) is 7.76. The molecule has 0 atom stereocenters. The Kier molecular flexibility index (Phi) is 6.54. The summed E-state index contributed by atoms with van der Waals surface area (Å²) in [6.07, 6.45) is 0.0700. The molecular weight excluding hydrogens is 316 g/mol. The van der Waals surface area contributed by atoms with Crippen LogP contribution in [0.1, 0.15) is 16.8 Å². The predicted octanol–water partition coefficient (Wildman–Crippen LogP) is 2.81. The number of ether oxygens (including phenoxy) is 2. The van der Waals surface area contributed by atoms with E-state index in [1.807, 2.05) is 18.2 Å². The van der Waals surface area contributed by atoms with E-state index in [0.717, 1.165) is 29.8 Å². The molecule has 0 radical (unpaired) electrons. The SMILES string of the molecule is COc1ccc(CCNCc2cnn(CC(F)F)c2C)cc1OC. The summed E-state index contributed by atoms with van der Waals surface area (Å²) in [6.45, 7) is 2.80. The highest BCUT2D eigenvalue weighted by molar-refractivity contribution is 5.42. The molecule has 132 valence electrons. The van der Waals surface area contributed by atoms with Crippen LogP contribution in [0, 0.1) is 6.92 Å². The summed E-state index contributed by atoms with van der Waals surface area (Å²) in [7, 11) is 3.22. The fraction of sp³-hybridized carbons (Fsp3) is 0.471. The van der Waals surface area contributed by atoms with Crippen molar-refractivity contribution in [3.8, 4) is 11.5 Å². The predicted molar refractivity (Wildman–Crippen MR) is 87.9 cm³/mol. The minimum Gasteiger partial charge on any atom is -0.493 e. The standard InChI is InChI=1S/C17H23F2N3O2/c1-12-14(10-21-22(12)11-17(18)19)9-20-7-6-13-4-5-15(23-2)16(8-13)24-3/h4-5,8,10,17,20H,6-7,9,11H2,1-3H3. The highest BCUT2D eigenvalue weighted by atomic mass is 19.3. The van der Waals surface area contributed by atoms with Crippen LogP contribution in [0.2, 0.25) is 0 Å². The fourth-order valence-corrected chi connectivity index (χ4v) is 2.47. The van der Waals surface area contributed by atoms with Crippen LogP contribution in [0.15, 0.2) is 24.4 Å². The Labute approximate surface area is 140 Å². The van der Waals surface area contributed by atoms with Gasteiger partial charge in [0, 0.05) is 17.8 Å². The first kappa shape index (κ1) is 18.2. The molecule has 1 heterocycles. The number of benzene rings is 1. The van der Waals surface area contributed by atoms with Crippen LogP contribution < -0.4 is 14.8 Å². The Morgan fingerprint density at radius 3 is 2.62 bits per heavy atom. The van der Waals surface area contributed by atoms with Crippen molar-refractivity contribution in [1.29, 1.82) is 0 Å². The van der Waals surface area contributed by atoms with Crippen LogP contribution in [0.4, 0.5) is 8.78 Å². The highest BCUT2D eigenvalue weighted by Gasteiger charge is 2.10. The number of rotatable bonds is 9. The van der Waals surface area contributed by atoms with E-state index < -0.39 is 6.43 Å². The van der Waals surface area contributed by atoms with Crippen molar-refractivity contribution < 1.29 is 18.3 Å². The largest absolute Gasteiger partial charge is 0.493 e. The second kappa shape index (κ2) is 8.63. The van der Waals surface area contributed by atoms with Gasteiger partial charge in [-0.2, -0.15) is 5.10 Å². The quantitative estimate of drug-likeness (QED) is 0.714. The molecule has 24 heavy (non-hydrogen) atoms. The van der Waals surface area contributed by atoms with Gasteiger partial charge in [0.05, 0.1) is 20.4 Å². The fourth-order valence-electron chi connectivity index (χ4n) is 2.47. The molecular formula is C17H23F2N3O2. The summed E-state index contributed by atoms with van der Waals surface area (Å²) in [4.78, 5) is 0. The van der Waals surface area contributed by atoms with Gasteiger partial charge in [0.2, 0.25) is 0 Å². The molecule has 2 rings (SSSR count). The lowest BCUT2D eigenvalue weighted by Crippen LogP contribution is -2.17.